The van der Waals surface area contributed by atoms with Crippen LogP contribution in [0.3, 0.4) is 0 Å². The minimum Gasteiger partial charge on any atom is -0.349 e. The number of hydrogen-bond donors (Lipinski definition) is 2. The van der Waals surface area contributed by atoms with Gasteiger partial charge in [-0.15, -0.1) is 0 Å². The molecule has 1 aliphatic rings. The largest absolute Gasteiger partial charge is 0.349 e. The van der Waals surface area contributed by atoms with Gasteiger partial charge in [0.2, 0.25) is 0 Å². The number of carbonyl (C=O) groups excluding carboxylic acids is 1. The van der Waals surface area contributed by atoms with Crippen LogP contribution in [0.1, 0.15) is 48.0 Å². The molecule has 2 aromatic carbocycles. The van der Waals surface area contributed by atoms with Crippen molar-refractivity contribution in [1.82, 2.24) is 5.32 Å². The second-order valence-electron chi connectivity index (χ2n) is 6.63. The zero-order chi connectivity index (χ0) is 19.3. The Hall–Kier alpha value is -2.85. The van der Waals surface area contributed by atoms with Crippen molar-refractivity contribution in [2.24, 2.45) is 0 Å². The Balaban J connectivity index is 1.77. The van der Waals surface area contributed by atoms with E-state index < -0.39 is 10.0 Å². The Bertz CT molecular complexity index is 974. The highest BCUT2D eigenvalue weighted by Crippen LogP contribution is 2.20. The molecule has 0 atom stereocenters. The number of sulfonamides is 1. The van der Waals surface area contributed by atoms with Crippen molar-refractivity contribution in [2.45, 2.75) is 43.0 Å². The molecule has 27 heavy (non-hydrogen) atoms. The summed E-state index contributed by atoms with van der Waals surface area (Å²) in [4.78, 5) is 12.5. The molecule has 6 nitrogen and oxygen atoms in total. The van der Waals surface area contributed by atoms with Crippen molar-refractivity contribution in [2.75, 3.05) is 4.72 Å². The van der Waals surface area contributed by atoms with Crippen LogP contribution in [-0.4, -0.2) is 20.4 Å². The van der Waals surface area contributed by atoms with Crippen LogP contribution in [0, 0.1) is 11.3 Å². The zero-order valence-electron chi connectivity index (χ0n) is 14.8. The predicted molar refractivity (Wildman–Crippen MR) is 103 cm³/mol. The van der Waals surface area contributed by atoms with Crippen LogP contribution in [0.25, 0.3) is 0 Å². The number of hydrogen-bond acceptors (Lipinski definition) is 4. The molecule has 0 spiro atoms. The van der Waals surface area contributed by atoms with E-state index in [0.29, 0.717) is 16.8 Å². The van der Waals surface area contributed by atoms with E-state index in [0.717, 1.165) is 25.7 Å². The van der Waals surface area contributed by atoms with Crippen molar-refractivity contribution in [3.05, 3.63) is 59.7 Å². The van der Waals surface area contributed by atoms with Crippen molar-refractivity contribution >= 4 is 21.6 Å². The molecule has 1 aliphatic carbocycles. The maximum Gasteiger partial charge on any atom is 0.261 e. The summed E-state index contributed by atoms with van der Waals surface area (Å²) < 4.78 is 27.7. The summed E-state index contributed by atoms with van der Waals surface area (Å²) in [6.07, 6.45) is 5.32. The maximum atomic E-state index is 12.6. The second kappa shape index (κ2) is 8.23. The Morgan fingerprint density at radius 1 is 1.04 bits per heavy atom. The van der Waals surface area contributed by atoms with Gasteiger partial charge in [0.05, 0.1) is 22.2 Å². The van der Waals surface area contributed by atoms with Crippen LogP contribution in [0.5, 0.6) is 0 Å². The number of nitrogens with zero attached hydrogens (tertiary/aromatic N) is 1. The van der Waals surface area contributed by atoms with E-state index in [1.807, 2.05) is 6.07 Å². The van der Waals surface area contributed by atoms with E-state index >= 15 is 0 Å². The van der Waals surface area contributed by atoms with Gasteiger partial charge in [0, 0.05) is 11.6 Å². The van der Waals surface area contributed by atoms with Gasteiger partial charge in [0.25, 0.3) is 15.9 Å². The standard InChI is InChI=1S/C20H21N3O3S/c21-14-15-6-4-10-18(12-15)23-27(25,26)19-11-5-7-16(13-19)20(24)22-17-8-2-1-3-9-17/h4-7,10-13,17,23H,1-3,8-9H2,(H,22,24). The van der Waals surface area contributed by atoms with E-state index in [9.17, 15) is 13.2 Å². The van der Waals surface area contributed by atoms with Crippen LogP contribution >= 0.6 is 0 Å². The number of nitrogens with one attached hydrogen (secondary N) is 2. The topological polar surface area (TPSA) is 99.1 Å². The number of rotatable bonds is 5. The van der Waals surface area contributed by atoms with Gasteiger partial charge in [-0.2, -0.15) is 5.26 Å². The molecule has 7 heteroatoms. The minimum absolute atomic E-state index is 0.00107. The van der Waals surface area contributed by atoms with Crippen LogP contribution < -0.4 is 10.0 Å². The number of carbonyl (C=O) groups is 1. The lowest BCUT2D eigenvalue weighted by Gasteiger charge is -2.22. The fourth-order valence-corrected chi connectivity index (χ4v) is 4.28. The quantitative estimate of drug-likeness (QED) is 0.826. The van der Waals surface area contributed by atoms with Gasteiger partial charge in [-0.25, -0.2) is 8.42 Å². The third-order valence-corrected chi connectivity index (χ3v) is 5.97. The normalized spacial score (nSPS) is 14.9. The van der Waals surface area contributed by atoms with Gasteiger partial charge in [0.15, 0.2) is 0 Å². The monoisotopic (exact) mass is 383 g/mol. The zero-order valence-corrected chi connectivity index (χ0v) is 15.6. The lowest BCUT2D eigenvalue weighted by atomic mass is 9.95. The van der Waals surface area contributed by atoms with Crippen LogP contribution in [-0.2, 0) is 10.0 Å². The SMILES string of the molecule is N#Cc1cccc(NS(=O)(=O)c2cccc(C(=O)NC3CCCCC3)c2)c1. The van der Waals surface area contributed by atoms with Crippen molar-refractivity contribution in [1.29, 1.82) is 5.26 Å². The van der Waals surface area contributed by atoms with Crippen LogP contribution in [0.4, 0.5) is 5.69 Å². The molecular formula is C20H21N3O3S. The molecule has 0 unspecified atom stereocenters. The molecule has 1 fully saturated rings. The van der Waals surface area contributed by atoms with Gasteiger partial charge in [-0.3, -0.25) is 9.52 Å². The Labute approximate surface area is 159 Å². The molecule has 0 radical (unpaired) electrons. The summed E-state index contributed by atoms with van der Waals surface area (Å²) in [6.45, 7) is 0. The molecule has 3 rings (SSSR count). The van der Waals surface area contributed by atoms with E-state index in [1.165, 1.54) is 24.6 Å². The van der Waals surface area contributed by atoms with Gasteiger partial charge >= 0.3 is 0 Å². The average molecular weight is 383 g/mol. The van der Waals surface area contributed by atoms with Crippen molar-refractivity contribution in [3.63, 3.8) is 0 Å². The Kier molecular flexibility index (Phi) is 5.77. The molecule has 1 amide bonds. The third kappa shape index (κ3) is 4.86. The second-order valence-corrected chi connectivity index (χ2v) is 8.32. The van der Waals surface area contributed by atoms with Gasteiger partial charge in [0.1, 0.15) is 0 Å². The average Bonchev–Trinajstić information content (AvgIpc) is 2.68. The minimum atomic E-state index is -3.87. The molecule has 2 aromatic rings. The summed E-state index contributed by atoms with van der Waals surface area (Å²) in [5.74, 6) is -0.259. The summed E-state index contributed by atoms with van der Waals surface area (Å²) >= 11 is 0. The number of benzene rings is 2. The molecule has 0 saturated heterocycles. The van der Waals surface area contributed by atoms with Gasteiger partial charge in [-0.05, 0) is 49.2 Å². The Morgan fingerprint density at radius 2 is 1.78 bits per heavy atom. The first-order chi connectivity index (χ1) is 13.0. The van der Waals surface area contributed by atoms with E-state index in [-0.39, 0.29) is 16.8 Å². The molecular weight excluding hydrogens is 362 g/mol. The van der Waals surface area contributed by atoms with E-state index in [4.69, 9.17) is 5.26 Å². The third-order valence-electron chi connectivity index (χ3n) is 4.59. The smallest absolute Gasteiger partial charge is 0.261 e. The molecule has 0 aromatic heterocycles. The highest BCUT2D eigenvalue weighted by Gasteiger charge is 2.19. The maximum absolute atomic E-state index is 12.6. The first-order valence-electron chi connectivity index (χ1n) is 8.92. The molecule has 2 N–H and O–H groups in total. The van der Waals surface area contributed by atoms with E-state index in [1.54, 1.807) is 30.3 Å². The lowest BCUT2D eigenvalue weighted by molar-refractivity contribution is 0.0927. The molecule has 140 valence electrons. The van der Waals surface area contributed by atoms with E-state index in [2.05, 4.69) is 10.0 Å². The van der Waals surface area contributed by atoms with Crippen molar-refractivity contribution < 1.29 is 13.2 Å². The fraction of sp³-hybridized carbons (Fsp3) is 0.300. The molecule has 1 saturated carbocycles. The van der Waals surface area contributed by atoms with Gasteiger partial charge in [-0.1, -0.05) is 31.4 Å². The molecule has 0 aliphatic heterocycles. The van der Waals surface area contributed by atoms with Crippen LogP contribution in [0.15, 0.2) is 53.4 Å². The number of amides is 1. The first-order valence-corrected chi connectivity index (χ1v) is 10.4. The predicted octanol–water partition coefficient (Wildman–Crippen LogP) is 3.42. The number of nitriles is 1. The van der Waals surface area contributed by atoms with Crippen molar-refractivity contribution in [3.8, 4) is 6.07 Å². The lowest BCUT2D eigenvalue weighted by Crippen LogP contribution is -2.36. The summed E-state index contributed by atoms with van der Waals surface area (Å²) in [6, 6.07) is 14.3. The first kappa shape index (κ1) is 18.9. The van der Waals surface area contributed by atoms with Crippen LogP contribution in [0.2, 0.25) is 0 Å². The molecule has 0 heterocycles. The summed E-state index contributed by atoms with van der Waals surface area (Å²) in [7, 11) is -3.87. The number of anilines is 1. The Morgan fingerprint density at radius 3 is 2.52 bits per heavy atom. The molecule has 0 bridgehead atoms. The highest BCUT2D eigenvalue weighted by atomic mass is 32.2. The fourth-order valence-electron chi connectivity index (χ4n) is 3.19. The summed E-state index contributed by atoms with van der Waals surface area (Å²) in [5, 5.41) is 11.9. The highest BCUT2D eigenvalue weighted by molar-refractivity contribution is 7.92. The summed E-state index contributed by atoms with van der Waals surface area (Å²) in [5.41, 5.74) is 0.969. The van der Waals surface area contributed by atoms with Gasteiger partial charge < -0.3 is 5.32 Å².